The van der Waals surface area contributed by atoms with Gasteiger partial charge in [0, 0.05) is 12.1 Å². The van der Waals surface area contributed by atoms with Crippen molar-refractivity contribution >= 4 is 27.3 Å². The molecule has 0 radical (unpaired) electrons. The van der Waals surface area contributed by atoms with E-state index in [4.69, 9.17) is 4.74 Å². The van der Waals surface area contributed by atoms with Gasteiger partial charge in [-0.15, -0.1) is 0 Å². The largest absolute Gasteiger partial charge is 0.497 e. The van der Waals surface area contributed by atoms with E-state index in [2.05, 4.69) is 5.32 Å². The molecule has 2 aromatic rings. The summed E-state index contributed by atoms with van der Waals surface area (Å²) < 4.78 is 57.7. The van der Waals surface area contributed by atoms with Crippen molar-refractivity contribution in [3.63, 3.8) is 0 Å². The van der Waals surface area contributed by atoms with E-state index in [1.54, 1.807) is 19.1 Å². The van der Waals surface area contributed by atoms with Gasteiger partial charge < -0.3 is 10.1 Å². The van der Waals surface area contributed by atoms with Crippen molar-refractivity contribution in [2.24, 2.45) is 0 Å². The smallest absolute Gasteiger partial charge is 0.248 e. The lowest BCUT2D eigenvalue weighted by atomic mass is 10.1. The Kier molecular flexibility index (Phi) is 6.37. The molecule has 0 aliphatic carbocycles. The molecule has 0 aromatic heterocycles. The van der Waals surface area contributed by atoms with Gasteiger partial charge in [-0.05, 0) is 30.7 Å². The molecule has 0 unspecified atom stereocenters. The van der Waals surface area contributed by atoms with Crippen LogP contribution >= 0.6 is 0 Å². The van der Waals surface area contributed by atoms with Crippen molar-refractivity contribution in [2.75, 3.05) is 23.0 Å². The predicted molar refractivity (Wildman–Crippen MR) is 99.4 cm³/mol. The SMILES string of the molecule is CC[C@H](C(=O)Nc1ccc(F)cc1F)N(c1cccc(OC)c1)S(C)(=O)=O. The van der Waals surface area contributed by atoms with Crippen LogP contribution in [0.3, 0.4) is 0 Å². The highest BCUT2D eigenvalue weighted by molar-refractivity contribution is 7.92. The van der Waals surface area contributed by atoms with E-state index in [1.807, 2.05) is 0 Å². The monoisotopic (exact) mass is 398 g/mol. The summed E-state index contributed by atoms with van der Waals surface area (Å²) in [6.07, 6.45) is 1.10. The van der Waals surface area contributed by atoms with Crippen LogP contribution in [0, 0.1) is 11.6 Å². The summed E-state index contributed by atoms with van der Waals surface area (Å²) in [4.78, 5) is 12.7. The van der Waals surface area contributed by atoms with E-state index < -0.39 is 33.6 Å². The Labute approximate surface area is 156 Å². The first kappa shape index (κ1) is 20.6. The zero-order chi connectivity index (χ0) is 20.2. The molecule has 0 heterocycles. The lowest BCUT2D eigenvalue weighted by molar-refractivity contribution is -0.117. The number of anilines is 2. The summed E-state index contributed by atoms with van der Waals surface area (Å²) in [7, 11) is -2.41. The molecule has 0 saturated heterocycles. The minimum atomic E-state index is -3.85. The summed E-state index contributed by atoms with van der Waals surface area (Å²) in [6, 6.07) is 7.80. The Hall–Kier alpha value is -2.68. The third kappa shape index (κ3) is 4.94. The lowest BCUT2D eigenvalue weighted by Gasteiger charge is -2.30. The van der Waals surface area contributed by atoms with E-state index in [0.29, 0.717) is 11.8 Å². The van der Waals surface area contributed by atoms with E-state index >= 15 is 0 Å². The molecule has 1 atom stereocenters. The van der Waals surface area contributed by atoms with Gasteiger partial charge >= 0.3 is 0 Å². The normalized spacial score (nSPS) is 12.3. The number of rotatable bonds is 7. The van der Waals surface area contributed by atoms with Gasteiger partial charge in [0.15, 0.2) is 0 Å². The average Bonchev–Trinajstić information content (AvgIpc) is 2.60. The number of halogens is 2. The Bertz CT molecular complexity index is 935. The summed E-state index contributed by atoms with van der Waals surface area (Å²) >= 11 is 0. The van der Waals surface area contributed by atoms with Gasteiger partial charge in [0.2, 0.25) is 15.9 Å². The maximum absolute atomic E-state index is 13.8. The highest BCUT2D eigenvalue weighted by Crippen LogP contribution is 2.27. The zero-order valence-electron chi connectivity index (χ0n) is 15.1. The number of carbonyl (C=O) groups is 1. The van der Waals surface area contributed by atoms with Crippen LogP contribution in [-0.4, -0.2) is 33.7 Å². The summed E-state index contributed by atoms with van der Waals surface area (Å²) in [5.74, 6) is -2.06. The number of carbonyl (C=O) groups excluding carboxylic acids is 1. The fourth-order valence-corrected chi connectivity index (χ4v) is 3.82. The van der Waals surface area contributed by atoms with Gasteiger partial charge in [0.25, 0.3) is 0 Å². The fraction of sp³-hybridized carbons (Fsp3) is 0.278. The van der Waals surface area contributed by atoms with Crippen LogP contribution in [0.2, 0.25) is 0 Å². The van der Waals surface area contributed by atoms with Gasteiger partial charge in [-0.2, -0.15) is 0 Å². The highest BCUT2D eigenvalue weighted by Gasteiger charge is 2.32. The van der Waals surface area contributed by atoms with E-state index in [1.165, 1.54) is 19.2 Å². The zero-order valence-corrected chi connectivity index (χ0v) is 15.9. The van der Waals surface area contributed by atoms with E-state index in [0.717, 1.165) is 22.7 Å². The van der Waals surface area contributed by atoms with Crippen molar-refractivity contribution in [1.29, 1.82) is 0 Å². The number of nitrogens with one attached hydrogen (secondary N) is 1. The molecule has 1 amide bonds. The molecule has 1 N–H and O–H groups in total. The molecule has 27 heavy (non-hydrogen) atoms. The van der Waals surface area contributed by atoms with Gasteiger partial charge in [-0.1, -0.05) is 13.0 Å². The lowest BCUT2D eigenvalue weighted by Crippen LogP contribution is -2.47. The second-order valence-corrected chi connectivity index (χ2v) is 7.66. The number of ether oxygens (including phenoxy) is 1. The van der Waals surface area contributed by atoms with Crippen LogP contribution < -0.4 is 14.4 Å². The molecule has 0 saturated carbocycles. The Balaban J connectivity index is 2.41. The molecule has 0 bridgehead atoms. The number of sulfonamides is 1. The first-order valence-corrected chi connectivity index (χ1v) is 9.91. The number of amides is 1. The average molecular weight is 398 g/mol. The molecule has 0 aliphatic heterocycles. The van der Waals surface area contributed by atoms with Crippen LogP contribution in [0.4, 0.5) is 20.2 Å². The van der Waals surface area contributed by atoms with Gasteiger partial charge in [-0.3, -0.25) is 9.10 Å². The molecule has 6 nitrogen and oxygen atoms in total. The maximum Gasteiger partial charge on any atom is 0.248 e. The van der Waals surface area contributed by atoms with Gasteiger partial charge in [0.1, 0.15) is 23.4 Å². The molecule has 2 aromatic carbocycles. The second-order valence-electron chi connectivity index (χ2n) is 5.80. The number of benzene rings is 2. The quantitative estimate of drug-likeness (QED) is 0.777. The van der Waals surface area contributed by atoms with E-state index in [9.17, 15) is 22.0 Å². The molecule has 0 fully saturated rings. The van der Waals surface area contributed by atoms with Crippen molar-refractivity contribution in [1.82, 2.24) is 0 Å². The predicted octanol–water partition coefficient (Wildman–Crippen LogP) is 3.16. The molecule has 146 valence electrons. The Morgan fingerprint density at radius 2 is 1.93 bits per heavy atom. The standard InChI is InChI=1S/C18H20F2N2O4S/c1-4-17(18(23)21-16-9-8-12(19)10-15(16)20)22(27(3,24)25)13-6-5-7-14(11-13)26-2/h5-11,17H,4H2,1-3H3,(H,21,23)/t17-/m1/s1. The van der Waals surface area contributed by atoms with Crippen LogP contribution in [-0.2, 0) is 14.8 Å². The Morgan fingerprint density at radius 3 is 2.48 bits per heavy atom. The summed E-state index contributed by atoms with van der Waals surface area (Å²) in [5, 5.41) is 2.32. The van der Waals surface area contributed by atoms with Gasteiger partial charge in [-0.25, -0.2) is 17.2 Å². The van der Waals surface area contributed by atoms with Crippen LogP contribution in [0.5, 0.6) is 5.75 Å². The third-order valence-electron chi connectivity index (χ3n) is 3.83. The fourth-order valence-electron chi connectivity index (χ4n) is 2.61. The summed E-state index contributed by atoms with van der Waals surface area (Å²) in [6.45, 7) is 1.63. The van der Waals surface area contributed by atoms with E-state index in [-0.39, 0.29) is 17.8 Å². The van der Waals surface area contributed by atoms with Crippen molar-refractivity contribution in [2.45, 2.75) is 19.4 Å². The number of hydrogen-bond acceptors (Lipinski definition) is 4. The summed E-state index contributed by atoms with van der Waals surface area (Å²) in [5.41, 5.74) is -0.00243. The van der Waals surface area contributed by atoms with Crippen molar-refractivity contribution < 1.29 is 26.7 Å². The highest BCUT2D eigenvalue weighted by atomic mass is 32.2. The van der Waals surface area contributed by atoms with Crippen molar-refractivity contribution in [3.8, 4) is 5.75 Å². The maximum atomic E-state index is 13.8. The number of hydrogen-bond donors (Lipinski definition) is 1. The molecule has 0 aliphatic rings. The molecule has 0 spiro atoms. The second kappa shape index (κ2) is 8.34. The minimum Gasteiger partial charge on any atom is -0.497 e. The third-order valence-corrected chi connectivity index (χ3v) is 5.01. The number of methoxy groups -OCH3 is 1. The first-order valence-electron chi connectivity index (χ1n) is 8.06. The van der Waals surface area contributed by atoms with Crippen LogP contribution in [0.25, 0.3) is 0 Å². The molecule has 2 rings (SSSR count). The first-order chi connectivity index (χ1) is 12.7. The van der Waals surface area contributed by atoms with Crippen molar-refractivity contribution in [3.05, 3.63) is 54.1 Å². The Morgan fingerprint density at radius 1 is 1.22 bits per heavy atom. The topological polar surface area (TPSA) is 75.7 Å². The molecular weight excluding hydrogens is 378 g/mol. The number of nitrogens with zero attached hydrogens (tertiary/aromatic N) is 1. The van der Waals surface area contributed by atoms with Crippen LogP contribution in [0.15, 0.2) is 42.5 Å². The minimum absolute atomic E-state index is 0.124. The molecule has 9 heteroatoms. The van der Waals surface area contributed by atoms with Gasteiger partial charge in [0.05, 0.1) is 24.7 Å². The molecular formula is C18H20F2N2O4S. The van der Waals surface area contributed by atoms with Crippen LogP contribution in [0.1, 0.15) is 13.3 Å².